The molecular formula is C11H18Cl2N2. The van der Waals surface area contributed by atoms with Crippen molar-refractivity contribution in [3.8, 4) is 0 Å². The molecule has 0 fully saturated rings. The fourth-order valence-corrected chi connectivity index (χ4v) is 1.93. The molecule has 0 aromatic heterocycles. The van der Waals surface area contributed by atoms with Crippen LogP contribution in [0.25, 0.3) is 0 Å². The Balaban J connectivity index is 0.000000980. The van der Waals surface area contributed by atoms with Crippen LogP contribution in [-0.2, 0) is 13.0 Å². The average molecular weight is 249 g/mol. The number of hydrogen-bond acceptors (Lipinski definition) is 2. The van der Waals surface area contributed by atoms with E-state index in [1.807, 2.05) is 0 Å². The maximum Gasteiger partial charge on any atom is 0.0237 e. The molecule has 2 N–H and O–H groups in total. The zero-order valence-electron chi connectivity index (χ0n) is 8.69. The van der Waals surface area contributed by atoms with E-state index in [4.69, 9.17) is 5.73 Å². The minimum atomic E-state index is 0. The molecule has 15 heavy (non-hydrogen) atoms. The van der Waals surface area contributed by atoms with Crippen molar-refractivity contribution in [2.75, 3.05) is 19.6 Å². The van der Waals surface area contributed by atoms with Crippen LogP contribution < -0.4 is 5.73 Å². The lowest BCUT2D eigenvalue weighted by Crippen LogP contribution is -2.34. The molecule has 1 aromatic rings. The van der Waals surface area contributed by atoms with Crippen molar-refractivity contribution in [1.29, 1.82) is 0 Å². The molecule has 4 heteroatoms. The lowest BCUT2D eigenvalue weighted by Gasteiger charge is -2.28. The minimum Gasteiger partial charge on any atom is -0.329 e. The first-order valence-electron chi connectivity index (χ1n) is 4.89. The predicted molar refractivity (Wildman–Crippen MR) is 69.0 cm³/mol. The summed E-state index contributed by atoms with van der Waals surface area (Å²) in [6.45, 7) is 4.03. The Kier molecular flexibility index (Phi) is 6.94. The van der Waals surface area contributed by atoms with Crippen LogP contribution in [0.15, 0.2) is 24.3 Å². The van der Waals surface area contributed by atoms with E-state index >= 15 is 0 Å². The van der Waals surface area contributed by atoms with Gasteiger partial charge in [-0.15, -0.1) is 24.8 Å². The third-order valence-electron chi connectivity index (χ3n) is 2.66. The third-order valence-corrected chi connectivity index (χ3v) is 2.66. The molecule has 2 nitrogen and oxygen atoms in total. The van der Waals surface area contributed by atoms with Gasteiger partial charge in [0.1, 0.15) is 0 Å². The molecule has 0 aliphatic carbocycles. The second kappa shape index (κ2) is 7.07. The van der Waals surface area contributed by atoms with Crippen LogP contribution in [0.2, 0.25) is 0 Å². The van der Waals surface area contributed by atoms with Gasteiger partial charge in [0.05, 0.1) is 0 Å². The highest BCUT2D eigenvalue weighted by atomic mass is 35.5. The first-order chi connectivity index (χ1) is 6.40. The van der Waals surface area contributed by atoms with Crippen molar-refractivity contribution < 1.29 is 0 Å². The predicted octanol–water partition coefficient (Wildman–Crippen LogP) is 1.85. The van der Waals surface area contributed by atoms with Crippen molar-refractivity contribution in [2.45, 2.75) is 13.0 Å². The Morgan fingerprint density at radius 1 is 1.13 bits per heavy atom. The Labute approximate surface area is 104 Å². The summed E-state index contributed by atoms with van der Waals surface area (Å²) in [6, 6.07) is 8.69. The second-order valence-corrected chi connectivity index (χ2v) is 3.58. The second-order valence-electron chi connectivity index (χ2n) is 3.58. The quantitative estimate of drug-likeness (QED) is 0.866. The van der Waals surface area contributed by atoms with Gasteiger partial charge in [-0.25, -0.2) is 0 Å². The lowest BCUT2D eigenvalue weighted by molar-refractivity contribution is 0.261. The number of hydrogen-bond donors (Lipinski definition) is 1. The van der Waals surface area contributed by atoms with E-state index in [1.54, 1.807) is 0 Å². The summed E-state index contributed by atoms with van der Waals surface area (Å²) in [6.07, 6.45) is 1.18. The van der Waals surface area contributed by atoms with Gasteiger partial charge in [-0.2, -0.15) is 0 Å². The Bertz CT molecular complexity index is 292. The summed E-state index contributed by atoms with van der Waals surface area (Å²) in [5.74, 6) is 0. The van der Waals surface area contributed by atoms with Crippen LogP contribution in [-0.4, -0.2) is 24.5 Å². The van der Waals surface area contributed by atoms with Gasteiger partial charge in [-0.3, -0.25) is 4.90 Å². The molecule has 1 heterocycles. The highest BCUT2D eigenvalue weighted by Gasteiger charge is 2.13. The van der Waals surface area contributed by atoms with E-state index in [0.29, 0.717) is 0 Å². The topological polar surface area (TPSA) is 29.3 Å². The third kappa shape index (κ3) is 3.65. The molecule has 0 bridgehead atoms. The summed E-state index contributed by atoms with van der Waals surface area (Å²) in [4.78, 5) is 2.42. The molecule has 0 unspecified atom stereocenters. The van der Waals surface area contributed by atoms with E-state index in [-0.39, 0.29) is 24.8 Å². The number of benzene rings is 1. The Morgan fingerprint density at radius 2 is 1.80 bits per heavy atom. The molecule has 2 rings (SSSR count). The molecule has 0 saturated heterocycles. The number of rotatable bonds is 2. The molecule has 0 amide bonds. The fourth-order valence-electron chi connectivity index (χ4n) is 1.93. The van der Waals surface area contributed by atoms with Crippen LogP contribution >= 0.6 is 24.8 Å². The summed E-state index contributed by atoms with van der Waals surface area (Å²) in [5, 5.41) is 0. The number of fused-ring (bicyclic) bond motifs is 1. The lowest BCUT2D eigenvalue weighted by atomic mass is 10.0. The molecule has 0 saturated carbocycles. The number of halogens is 2. The van der Waals surface area contributed by atoms with E-state index in [1.165, 1.54) is 17.5 Å². The van der Waals surface area contributed by atoms with E-state index < -0.39 is 0 Å². The van der Waals surface area contributed by atoms with Gasteiger partial charge in [0.25, 0.3) is 0 Å². The molecule has 86 valence electrons. The van der Waals surface area contributed by atoms with E-state index in [0.717, 1.165) is 26.2 Å². The smallest absolute Gasteiger partial charge is 0.0237 e. The first-order valence-corrected chi connectivity index (χ1v) is 4.89. The van der Waals surface area contributed by atoms with Gasteiger partial charge in [0, 0.05) is 26.2 Å². The van der Waals surface area contributed by atoms with Gasteiger partial charge in [0.2, 0.25) is 0 Å². The SMILES string of the molecule is Cl.Cl.NCCN1CCc2ccccc2C1. The van der Waals surface area contributed by atoms with Gasteiger partial charge >= 0.3 is 0 Å². The van der Waals surface area contributed by atoms with Crippen molar-refractivity contribution in [2.24, 2.45) is 5.73 Å². The largest absolute Gasteiger partial charge is 0.329 e. The minimum absolute atomic E-state index is 0. The zero-order chi connectivity index (χ0) is 9.10. The normalized spacial score (nSPS) is 14.7. The summed E-state index contributed by atoms with van der Waals surface area (Å²) in [5.41, 5.74) is 8.52. The number of nitrogens with zero attached hydrogens (tertiary/aromatic N) is 1. The highest BCUT2D eigenvalue weighted by Crippen LogP contribution is 2.17. The standard InChI is InChI=1S/C11H16N2.2ClH/c12-6-8-13-7-5-10-3-1-2-4-11(10)9-13;;/h1-4H,5-9,12H2;2*1H. The van der Waals surface area contributed by atoms with Crippen molar-refractivity contribution in [3.05, 3.63) is 35.4 Å². The van der Waals surface area contributed by atoms with Gasteiger partial charge < -0.3 is 5.73 Å². The van der Waals surface area contributed by atoms with Gasteiger partial charge in [0.15, 0.2) is 0 Å². The molecule has 1 aliphatic rings. The van der Waals surface area contributed by atoms with Crippen LogP contribution in [0, 0.1) is 0 Å². The van der Waals surface area contributed by atoms with Crippen molar-refractivity contribution in [3.63, 3.8) is 0 Å². The molecule has 1 aromatic carbocycles. The fraction of sp³-hybridized carbons (Fsp3) is 0.455. The molecule has 1 aliphatic heterocycles. The highest BCUT2D eigenvalue weighted by molar-refractivity contribution is 5.85. The monoisotopic (exact) mass is 248 g/mol. The summed E-state index contributed by atoms with van der Waals surface area (Å²) >= 11 is 0. The van der Waals surface area contributed by atoms with Crippen LogP contribution in [0.4, 0.5) is 0 Å². The molecule has 0 atom stereocenters. The Hall–Kier alpha value is -0.280. The van der Waals surface area contributed by atoms with Crippen LogP contribution in [0.5, 0.6) is 0 Å². The first kappa shape index (κ1) is 14.7. The zero-order valence-corrected chi connectivity index (χ0v) is 10.3. The van der Waals surface area contributed by atoms with E-state index in [2.05, 4.69) is 29.2 Å². The van der Waals surface area contributed by atoms with Crippen LogP contribution in [0.1, 0.15) is 11.1 Å². The van der Waals surface area contributed by atoms with Gasteiger partial charge in [-0.05, 0) is 17.5 Å². The average Bonchev–Trinajstić information content (AvgIpc) is 2.18. The van der Waals surface area contributed by atoms with Gasteiger partial charge in [-0.1, -0.05) is 24.3 Å². The Morgan fingerprint density at radius 3 is 2.47 bits per heavy atom. The molecule has 0 spiro atoms. The van der Waals surface area contributed by atoms with Crippen molar-refractivity contribution >= 4 is 24.8 Å². The number of nitrogens with two attached hydrogens (primary N) is 1. The maximum absolute atomic E-state index is 5.54. The maximum atomic E-state index is 5.54. The summed E-state index contributed by atoms with van der Waals surface area (Å²) < 4.78 is 0. The van der Waals surface area contributed by atoms with E-state index in [9.17, 15) is 0 Å². The van der Waals surface area contributed by atoms with Crippen LogP contribution in [0.3, 0.4) is 0 Å². The summed E-state index contributed by atoms with van der Waals surface area (Å²) in [7, 11) is 0. The molecular weight excluding hydrogens is 231 g/mol. The van der Waals surface area contributed by atoms with Crippen molar-refractivity contribution in [1.82, 2.24) is 4.90 Å². The molecule has 0 radical (unpaired) electrons.